The number of carbonyl (C=O) groups is 1. The molecule has 0 bridgehead atoms. The molecule has 1 heterocycles. The summed E-state index contributed by atoms with van der Waals surface area (Å²) in [5.74, 6) is -1.66. The molecule has 1 rings (SSSR count). The van der Waals surface area contributed by atoms with Crippen LogP contribution in [0.4, 0.5) is 0 Å². The largest absolute Gasteiger partial charge is 0.313 e. The van der Waals surface area contributed by atoms with Gasteiger partial charge in [0.15, 0.2) is 5.79 Å². The van der Waals surface area contributed by atoms with E-state index >= 15 is 0 Å². The lowest BCUT2D eigenvalue weighted by Gasteiger charge is -2.18. The summed E-state index contributed by atoms with van der Waals surface area (Å²) >= 11 is 0. The molecule has 0 radical (unpaired) electrons. The fraction of sp³-hybridized carbons (Fsp3) is 0.857. The maximum atomic E-state index is 10.2. The van der Waals surface area contributed by atoms with E-state index in [2.05, 4.69) is 0 Å². The third-order valence-electron chi connectivity index (χ3n) is 1.33. The van der Waals surface area contributed by atoms with Gasteiger partial charge >= 0.3 is 0 Å². The van der Waals surface area contributed by atoms with E-state index in [4.69, 9.17) is 14.5 Å². The average Bonchev–Trinajstić information content (AvgIpc) is 2.07. The highest BCUT2D eigenvalue weighted by Crippen LogP contribution is 2.33. The first kappa shape index (κ1) is 8.64. The molecule has 4 nitrogen and oxygen atoms in total. The zero-order valence-corrected chi connectivity index (χ0v) is 6.92. The predicted molar refractivity (Wildman–Crippen MR) is 36.4 cm³/mol. The van der Waals surface area contributed by atoms with E-state index in [0.717, 1.165) is 6.29 Å². The lowest BCUT2D eigenvalue weighted by molar-refractivity contribution is -0.340. The van der Waals surface area contributed by atoms with Crippen LogP contribution in [0.25, 0.3) is 0 Å². The van der Waals surface area contributed by atoms with E-state index in [1.807, 2.05) is 0 Å². The number of hydrogen-bond acceptors (Lipinski definition) is 4. The third-order valence-corrected chi connectivity index (χ3v) is 1.33. The molecule has 11 heavy (non-hydrogen) atoms. The molecule has 4 heteroatoms. The van der Waals surface area contributed by atoms with Gasteiger partial charge in [0.05, 0.1) is 6.42 Å². The van der Waals surface area contributed by atoms with Crippen molar-refractivity contribution < 1.29 is 19.3 Å². The summed E-state index contributed by atoms with van der Waals surface area (Å²) in [6.45, 7) is 5.11. The van der Waals surface area contributed by atoms with Crippen molar-refractivity contribution in [3.05, 3.63) is 0 Å². The van der Waals surface area contributed by atoms with Crippen LogP contribution in [0.1, 0.15) is 27.2 Å². The van der Waals surface area contributed by atoms with Crippen LogP contribution in [0.15, 0.2) is 0 Å². The Labute approximate surface area is 65.4 Å². The van der Waals surface area contributed by atoms with Crippen LogP contribution in [-0.4, -0.2) is 17.9 Å². The SMILES string of the molecule is CC1(C)OOC(C)(CC=O)O1. The quantitative estimate of drug-likeness (QED) is 0.446. The average molecular weight is 160 g/mol. The Balaban J connectivity index is 2.57. The molecular formula is C7H12O4. The smallest absolute Gasteiger partial charge is 0.208 e. The first-order chi connectivity index (χ1) is 4.97. The molecule has 1 fully saturated rings. The molecule has 1 atom stereocenters. The lowest BCUT2D eigenvalue weighted by atomic mass is 10.2. The third kappa shape index (κ3) is 1.99. The Morgan fingerprint density at radius 2 is 1.91 bits per heavy atom. The van der Waals surface area contributed by atoms with Gasteiger partial charge in [-0.3, -0.25) is 0 Å². The summed E-state index contributed by atoms with van der Waals surface area (Å²) in [4.78, 5) is 19.8. The maximum absolute atomic E-state index is 10.2. The van der Waals surface area contributed by atoms with E-state index < -0.39 is 11.6 Å². The molecule has 0 aromatic carbocycles. The van der Waals surface area contributed by atoms with Gasteiger partial charge in [-0.15, -0.1) is 0 Å². The van der Waals surface area contributed by atoms with Crippen LogP contribution in [0, 0.1) is 0 Å². The number of hydrogen-bond donors (Lipinski definition) is 0. The minimum atomic E-state index is -0.911. The van der Waals surface area contributed by atoms with Crippen molar-refractivity contribution in [1.29, 1.82) is 0 Å². The molecule has 1 aliphatic heterocycles. The molecule has 0 spiro atoms. The van der Waals surface area contributed by atoms with Gasteiger partial charge in [-0.2, -0.15) is 9.78 Å². The summed E-state index contributed by atoms with van der Waals surface area (Å²) in [5, 5.41) is 0. The zero-order chi connectivity index (χ0) is 8.54. The Morgan fingerprint density at radius 1 is 1.27 bits per heavy atom. The van der Waals surface area contributed by atoms with Crippen LogP contribution in [0.5, 0.6) is 0 Å². The summed E-state index contributed by atoms with van der Waals surface area (Å²) in [5.41, 5.74) is 0. The molecule has 64 valence electrons. The summed E-state index contributed by atoms with van der Waals surface area (Å²) in [7, 11) is 0. The highest BCUT2D eigenvalue weighted by Gasteiger charge is 2.44. The standard InChI is InChI=1S/C7H12O4/c1-6(2)9-7(3,4-5-8)11-10-6/h5H,4H2,1-3H3. The molecule has 1 unspecified atom stereocenters. The Kier molecular flexibility index (Phi) is 2.00. The fourth-order valence-electron chi connectivity index (χ4n) is 0.970. The first-order valence-electron chi connectivity index (χ1n) is 3.48. The Hall–Kier alpha value is -0.450. The van der Waals surface area contributed by atoms with Crippen molar-refractivity contribution in [2.75, 3.05) is 0 Å². The Morgan fingerprint density at radius 3 is 2.27 bits per heavy atom. The van der Waals surface area contributed by atoms with E-state index in [0.29, 0.717) is 0 Å². The van der Waals surface area contributed by atoms with Crippen molar-refractivity contribution in [2.24, 2.45) is 0 Å². The highest BCUT2D eigenvalue weighted by atomic mass is 17.3. The molecule has 0 N–H and O–H groups in total. The van der Waals surface area contributed by atoms with Crippen molar-refractivity contribution >= 4 is 6.29 Å². The zero-order valence-electron chi connectivity index (χ0n) is 6.92. The number of ether oxygens (including phenoxy) is 1. The topological polar surface area (TPSA) is 44.8 Å². The van der Waals surface area contributed by atoms with Crippen LogP contribution < -0.4 is 0 Å². The van der Waals surface area contributed by atoms with Crippen LogP contribution in [0.3, 0.4) is 0 Å². The van der Waals surface area contributed by atoms with Crippen molar-refractivity contribution in [1.82, 2.24) is 0 Å². The van der Waals surface area contributed by atoms with Gasteiger partial charge in [-0.1, -0.05) is 0 Å². The van der Waals surface area contributed by atoms with Crippen molar-refractivity contribution in [3.8, 4) is 0 Å². The van der Waals surface area contributed by atoms with Crippen LogP contribution >= 0.6 is 0 Å². The molecule has 1 aliphatic rings. The number of carbonyl (C=O) groups excluding carboxylic acids is 1. The summed E-state index contributed by atoms with van der Waals surface area (Å²) in [6, 6.07) is 0. The van der Waals surface area contributed by atoms with E-state index in [-0.39, 0.29) is 6.42 Å². The van der Waals surface area contributed by atoms with Gasteiger partial charge in [0.2, 0.25) is 5.79 Å². The normalized spacial score (nSPS) is 35.5. The maximum Gasteiger partial charge on any atom is 0.208 e. The Bertz CT molecular complexity index is 166. The first-order valence-corrected chi connectivity index (χ1v) is 3.48. The van der Waals surface area contributed by atoms with Crippen LogP contribution in [-0.2, 0) is 19.3 Å². The van der Waals surface area contributed by atoms with Gasteiger partial charge in [0, 0.05) is 0 Å². The molecule has 0 amide bonds. The highest BCUT2D eigenvalue weighted by molar-refractivity contribution is 5.50. The van der Waals surface area contributed by atoms with E-state index in [9.17, 15) is 4.79 Å². The minimum absolute atomic E-state index is 0.177. The van der Waals surface area contributed by atoms with Gasteiger partial charge < -0.3 is 9.53 Å². The molecule has 0 aromatic rings. The monoisotopic (exact) mass is 160 g/mol. The molecule has 1 saturated heterocycles. The second-order valence-electron chi connectivity index (χ2n) is 3.17. The summed E-state index contributed by atoms with van der Waals surface area (Å²) in [6.07, 6.45) is 0.918. The van der Waals surface area contributed by atoms with Gasteiger partial charge in [-0.05, 0) is 20.8 Å². The van der Waals surface area contributed by atoms with Gasteiger partial charge in [0.25, 0.3) is 0 Å². The van der Waals surface area contributed by atoms with Crippen molar-refractivity contribution in [2.45, 2.75) is 38.8 Å². The van der Waals surface area contributed by atoms with Crippen molar-refractivity contribution in [3.63, 3.8) is 0 Å². The van der Waals surface area contributed by atoms with Gasteiger partial charge in [-0.25, -0.2) is 0 Å². The molecular weight excluding hydrogens is 148 g/mol. The van der Waals surface area contributed by atoms with E-state index in [1.165, 1.54) is 0 Å². The van der Waals surface area contributed by atoms with Gasteiger partial charge in [0.1, 0.15) is 6.29 Å². The summed E-state index contributed by atoms with van der Waals surface area (Å²) < 4.78 is 5.30. The second-order valence-corrected chi connectivity index (χ2v) is 3.17. The fourth-order valence-corrected chi connectivity index (χ4v) is 0.970. The molecule has 0 aliphatic carbocycles. The minimum Gasteiger partial charge on any atom is -0.313 e. The number of rotatable bonds is 2. The van der Waals surface area contributed by atoms with E-state index in [1.54, 1.807) is 20.8 Å². The lowest BCUT2D eigenvalue weighted by Crippen LogP contribution is -2.30. The number of aldehydes is 1. The predicted octanol–water partition coefficient (Wildman–Crippen LogP) is 1.01. The molecule has 0 aromatic heterocycles. The second kappa shape index (κ2) is 2.55. The van der Waals surface area contributed by atoms with Crippen LogP contribution in [0.2, 0.25) is 0 Å². The molecule has 0 saturated carbocycles.